The number of aryl methyl sites for hydroxylation is 2. The van der Waals surface area contributed by atoms with Crippen molar-refractivity contribution in [1.82, 2.24) is 0 Å². The van der Waals surface area contributed by atoms with Crippen LogP contribution in [-0.2, 0) is 14.8 Å². The van der Waals surface area contributed by atoms with E-state index in [4.69, 9.17) is 0 Å². The molecule has 0 radical (unpaired) electrons. The van der Waals surface area contributed by atoms with Crippen LogP contribution in [0.25, 0.3) is 0 Å². The van der Waals surface area contributed by atoms with Crippen LogP contribution in [0.5, 0.6) is 0 Å². The van der Waals surface area contributed by atoms with Gasteiger partial charge < -0.3 is 5.32 Å². The maximum absolute atomic E-state index is 12.8. The van der Waals surface area contributed by atoms with E-state index in [0.717, 1.165) is 31.5 Å². The molecule has 0 atom stereocenters. The van der Waals surface area contributed by atoms with Crippen LogP contribution in [0.1, 0.15) is 11.1 Å². The van der Waals surface area contributed by atoms with Crippen molar-refractivity contribution in [2.75, 3.05) is 22.4 Å². The van der Waals surface area contributed by atoms with Gasteiger partial charge in [0.25, 0.3) is 0 Å². The van der Waals surface area contributed by atoms with E-state index in [9.17, 15) is 13.2 Å². The van der Waals surface area contributed by atoms with Crippen molar-refractivity contribution in [2.45, 2.75) is 23.6 Å². The maximum Gasteiger partial charge on any atom is 0.245 e. The molecule has 0 aliphatic heterocycles. The van der Waals surface area contributed by atoms with E-state index < -0.39 is 15.9 Å². The second-order valence-corrected chi connectivity index (χ2v) is 10.1. The largest absolute Gasteiger partial charge is 0.323 e. The second kappa shape index (κ2) is 9.36. The maximum atomic E-state index is 12.8. The van der Waals surface area contributed by atoms with Crippen LogP contribution < -0.4 is 9.62 Å². The Balaban J connectivity index is 1.81. The molecule has 0 spiro atoms. The van der Waals surface area contributed by atoms with E-state index in [0.29, 0.717) is 11.4 Å². The first kappa shape index (κ1) is 21.9. The van der Waals surface area contributed by atoms with Crippen LogP contribution in [0, 0.1) is 13.8 Å². The summed E-state index contributed by atoms with van der Waals surface area (Å²) in [4.78, 5) is 14.7. The summed E-state index contributed by atoms with van der Waals surface area (Å²) in [7, 11) is -3.63. The van der Waals surface area contributed by atoms with Gasteiger partial charge in [0.2, 0.25) is 15.9 Å². The Kier molecular flexibility index (Phi) is 6.84. The van der Waals surface area contributed by atoms with Gasteiger partial charge in [-0.25, -0.2) is 8.42 Å². The van der Waals surface area contributed by atoms with Crippen molar-refractivity contribution >= 4 is 39.1 Å². The van der Waals surface area contributed by atoms with Crippen molar-refractivity contribution in [1.29, 1.82) is 0 Å². The normalized spacial score (nSPS) is 11.2. The summed E-state index contributed by atoms with van der Waals surface area (Å²) in [6.45, 7) is 3.49. The molecule has 7 heteroatoms. The first-order valence-corrected chi connectivity index (χ1v) is 12.1. The van der Waals surface area contributed by atoms with Crippen LogP contribution in [0.15, 0.2) is 82.6 Å². The lowest BCUT2D eigenvalue weighted by molar-refractivity contribution is -0.114. The summed E-state index contributed by atoms with van der Waals surface area (Å²) in [6.07, 6.45) is 1.11. The highest BCUT2D eigenvalue weighted by Crippen LogP contribution is 2.33. The zero-order valence-corrected chi connectivity index (χ0v) is 18.8. The summed E-state index contributed by atoms with van der Waals surface area (Å²) in [6, 6.07) is 22.8. The average Bonchev–Trinajstić information content (AvgIpc) is 2.67. The zero-order chi connectivity index (χ0) is 21.7. The Labute approximate surface area is 182 Å². The van der Waals surface area contributed by atoms with Crippen LogP contribution in [0.3, 0.4) is 0 Å². The van der Waals surface area contributed by atoms with Crippen molar-refractivity contribution in [2.24, 2.45) is 0 Å². The lowest BCUT2D eigenvalue weighted by Gasteiger charge is -2.23. The number of amides is 1. The molecule has 156 valence electrons. The molecule has 1 amide bonds. The Morgan fingerprint density at radius 2 is 1.53 bits per heavy atom. The van der Waals surface area contributed by atoms with E-state index >= 15 is 0 Å². The molecule has 0 aliphatic carbocycles. The molecule has 0 bridgehead atoms. The predicted octanol–water partition coefficient (Wildman–Crippen LogP) is 4.86. The summed E-state index contributed by atoms with van der Waals surface area (Å²) < 4.78 is 25.9. The highest BCUT2D eigenvalue weighted by molar-refractivity contribution is 7.99. The lowest BCUT2D eigenvalue weighted by atomic mass is 10.1. The molecule has 3 rings (SSSR count). The number of carbonyl (C=O) groups excluding carboxylic acids is 1. The topological polar surface area (TPSA) is 66.5 Å². The van der Waals surface area contributed by atoms with Crippen molar-refractivity contribution in [3.8, 4) is 0 Å². The summed E-state index contributed by atoms with van der Waals surface area (Å²) in [5.41, 5.74) is 3.00. The standard InChI is InChI=1S/C23H24N2O3S2/c1-17-13-18(2)15-19(14-17)25(30(3,27)28)16-23(26)24-21-11-7-8-12-22(21)29-20-9-5-4-6-10-20/h4-15H,16H2,1-3H3,(H,24,26). The zero-order valence-electron chi connectivity index (χ0n) is 17.1. The molecule has 30 heavy (non-hydrogen) atoms. The monoisotopic (exact) mass is 440 g/mol. The lowest BCUT2D eigenvalue weighted by Crippen LogP contribution is -2.37. The number of hydrogen-bond acceptors (Lipinski definition) is 4. The molecule has 3 aromatic rings. The van der Waals surface area contributed by atoms with Gasteiger partial charge in [-0.1, -0.05) is 48.2 Å². The summed E-state index contributed by atoms with van der Waals surface area (Å²) >= 11 is 1.53. The van der Waals surface area contributed by atoms with Gasteiger partial charge in [-0.2, -0.15) is 0 Å². The SMILES string of the molecule is Cc1cc(C)cc(N(CC(=O)Nc2ccccc2Sc2ccccc2)S(C)(=O)=O)c1. The Morgan fingerprint density at radius 3 is 2.17 bits per heavy atom. The van der Waals surface area contributed by atoms with Crippen molar-refractivity contribution in [3.05, 3.63) is 83.9 Å². The van der Waals surface area contributed by atoms with E-state index in [-0.39, 0.29) is 6.54 Å². The first-order chi connectivity index (χ1) is 14.2. The number of anilines is 2. The molecule has 0 saturated heterocycles. The minimum atomic E-state index is -3.63. The van der Waals surface area contributed by atoms with Crippen LogP contribution in [0.4, 0.5) is 11.4 Å². The van der Waals surface area contributed by atoms with Crippen LogP contribution >= 0.6 is 11.8 Å². The van der Waals surface area contributed by atoms with Gasteiger partial charge in [-0.3, -0.25) is 9.10 Å². The predicted molar refractivity (Wildman–Crippen MR) is 124 cm³/mol. The molecular weight excluding hydrogens is 416 g/mol. The number of nitrogens with zero attached hydrogens (tertiary/aromatic N) is 1. The van der Waals surface area contributed by atoms with Gasteiger partial charge in [-0.05, 0) is 61.4 Å². The van der Waals surface area contributed by atoms with Gasteiger partial charge >= 0.3 is 0 Å². The number of nitrogens with one attached hydrogen (secondary N) is 1. The summed E-state index contributed by atoms with van der Waals surface area (Å²) in [5, 5.41) is 2.87. The fraction of sp³-hybridized carbons (Fsp3) is 0.174. The van der Waals surface area contributed by atoms with Gasteiger partial charge in [0.1, 0.15) is 6.54 Å². The van der Waals surface area contributed by atoms with Gasteiger partial charge in [0, 0.05) is 9.79 Å². The molecule has 0 fully saturated rings. The van der Waals surface area contributed by atoms with Crippen molar-refractivity contribution < 1.29 is 13.2 Å². The molecule has 1 N–H and O–H groups in total. The average molecular weight is 441 g/mol. The van der Waals surface area contributed by atoms with Gasteiger partial charge in [0.15, 0.2) is 0 Å². The molecule has 0 heterocycles. The fourth-order valence-corrected chi connectivity index (χ4v) is 4.85. The number of hydrogen-bond donors (Lipinski definition) is 1. The van der Waals surface area contributed by atoms with Gasteiger partial charge in [-0.15, -0.1) is 0 Å². The number of sulfonamides is 1. The summed E-state index contributed by atoms with van der Waals surface area (Å²) in [5.74, 6) is -0.402. The molecule has 5 nitrogen and oxygen atoms in total. The van der Waals surface area contributed by atoms with Gasteiger partial charge in [0.05, 0.1) is 17.6 Å². The number of para-hydroxylation sites is 1. The number of rotatable bonds is 7. The van der Waals surface area contributed by atoms with E-state index in [1.807, 2.05) is 74.5 Å². The Bertz CT molecular complexity index is 1130. The molecule has 0 aromatic heterocycles. The number of carbonyl (C=O) groups is 1. The van der Waals surface area contributed by atoms with E-state index in [1.54, 1.807) is 12.1 Å². The smallest absolute Gasteiger partial charge is 0.245 e. The van der Waals surface area contributed by atoms with Crippen LogP contribution in [-0.4, -0.2) is 27.1 Å². The number of benzene rings is 3. The third-order valence-corrected chi connectivity index (χ3v) is 6.54. The van der Waals surface area contributed by atoms with Crippen LogP contribution in [0.2, 0.25) is 0 Å². The molecule has 0 unspecified atom stereocenters. The second-order valence-electron chi connectivity index (χ2n) is 7.07. The minimum Gasteiger partial charge on any atom is -0.323 e. The highest BCUT2D eigenvalue weighted by Gasteiger charge is 2.22. The Hall–Kier alpha value is -2.77. The fourth-order valence-electron chi connectivity index (χ4n) is 3.09. The molecule has 0 aliphatic rings. The minimum absolute atomic E-state index is 0.300. The van der Waals surface area contributed by atoms with E-state index in [1.165, 1.54) is 11.8 Å². The molecule has 3 aromatic carbocycles. The highest BCUT2D eigenvalue weighted by atomic mass is 32.2. The molecular formula is C23H24N2O3S2. The third kappa shape index (κ3) is 5.87. The quantitative estimate of drug-likeness (QED) is 0.570. The molecule has 0 saturated carbocycles. The Morgan fingerprint density at radius 1 is 0.933 bits per heavy atom. The third-order valence-electron chi connectivity index (χ3n) is 4.31. The van der Waals surface area contributed by atoms with E-state index in [2.05, 4.69) is 5.32 Å². The van der Waals surface area contributed by atoms with Crippen molar-refractivity contribution in [3.63, 3.8) is 0 Å². The first-order valence-electron chi connectivity index (χ1n) is 9.40.